The molecule has 5 rings (SSSR count). The van der Waals surface area contributed by atoms with Crippen LogP contribution < -0.4 is 5.43 Å². The Morgan fingerprint density at radius 3 is 2.93 bits per heavy atom. The molecule has 4 heterocycles. The normalized spacial score (nSPS) is 25.7. The number of rotatable bonds is 1. The molecular weight excluding hydrogens is 379 g/mol. The number of halogens is 3. The number of fused-ring (bicyclic) bond motifs is 5. The largest absolute Gasteiger partial charge is 0.616 e. The fourth-order valence-corrected chi connectivity index (χ4v) is 5.21. The Bertz CT molecular complexity index is 984. The summed E-state index contributed by atoms with van der Waals surface area (Å²) in [7, 11) is 0. The lowest BCUT2D eigenvalue weighted by Crippen LogP contribution is -2.30. The van der Waals surface area contributed by atoms with Crippen LogP contribution in [-0.4, -0.2) is 37.7 Å². The van der Waals surface area contributed by atoms with E-state index in [1.54, 1.807) is 6.21 Å². The van der Waals surface area contributed by atoms with Gasteiger partial charge in [-0.1, -0.05) is 6.08 Å². The number of hydrazone groups is 1. The van der Waals surface area contributed by atoms with Crippen molar-refractivity contribution in [2.75, 3.05) is 5.75 Å². The molecule has 1 aliphatic carbocycles. The summed E-state index contributed by atoms with van der Waals surface area (Å²) in [6.07, 6.45) is 2.70. The number of nitrogens with one attached hydrogen (secondary N) is 2. The topological polar surface area (TPSA) is 89.0 Å². The van der Waals surface area contributed by atoms with Crippen molar-refractivity contribution >= 4 is 23.5 Å². The lowest BCUT2D eigenvalue weighted by atomic mass is 9.81. The third kappa shape index (κ3) is 2.58. The van der Waals surface area contributed by atoms with E-state index in [4.69, 9.17) is 0 Å². The molecule has 0 spiro atoms. The molecule has 3 aliphatic rings. The lowest BCUT2D eigenvalue weighted by molar-refractivity contribution is -0.140. The summed E-state index contributed by atoms with van der Waals surface area (Å²) in [5.41, 5.74) is 5.31. The van der Waals surface area contributed by atoms with Crippen molar-refractivity contribution in [2.45, 2.75) is 30.3 Å². The standard InChI is InChI=1S/C17H14F3N5OS/c18-17(19,20)16-10(6-22-25-16)15-11-7-27(26)4-3-8(11)14-9-5-21-24-12(9)1-2-13(14)23-15/h1-2,5-6,9,12,24H,3-4,7H2,(H,22,25). The van der Waals surface area contributed by atoms with Gasteiger partial charge in [-0.05, 0) is 28.4 Å². The predicted molar refractivity (Wildman–Crippen MR) is 94.4 cm³/mol. The maximum Gasteiger partial charge on any atom is 0.435 e. The first kappa shape index (κ1) is 16.8. The number of aromatic amines is 1. The van der Waals surface area contributed by atoms with Crippen molar-refractivity contribution in [1.82, 2.24) is 20.6 Å². The summed E-state index contributed by atoms with van der Waals surface area (Å²) in [6, 6.07) is 0.0151. The molecule has 0 aromatic carbocycles. The van der Waals surface area contributed by atoms with E-state index in [0.717, 1.165) is 11.1 Å². The second kappa shape index (κ2) is 5.83. The van der Waals surface area contributed by atoms with Gasteiger partial charge in [-0.3, -0.25) is 5.10 Å². The molecule has 3 atom stereocenters. The molecule has 3 unspecified atom stereocenters. The minimum atomic E-state index is -4.60. The molecule has 2 aromatic heterocycles. The van der Waals surface area contributed by atoms with Crippen molar-refractivity contribution in [3.8, 4) is 11.3 Å². The molecule has 2 aliphatic heterocycles. The van der Waals surface area contributed by atoms with E-state index in [-0.39, 0.29) is 29.0 Å². The Kier molecular flexibility index (Phi) is 3.63. The molecule has 0 saturated heterocycles. The summed E-state index contributed by atoms with van der Waals surface area (Å²) < 4.78 is 52.4. The first-order valence-electron chi connectivity index (χ1n) is 8.42. The van der Waals surface area contributed by atoms with Crippen LogP contribution in [0.5, 0.6) is 0 Å². The fraction of sp³-hybridized carbons (Fsp3) is 0.353. The second-order valence-corrected chi connectivity index (χ2v) is 8.29. The van der Waals surface area contributed by atoms with E-state index in [1.807, 2.05) is 12.2 Å². The summed E-state index contributed by atoms with van der Waals surface area (Å²) in [6.45, 7) is 0. The van der Waals surface area contributed by atoms with Crippen molar-refractivity contribution < 1.29 is 17.7 Å². The number of H-pyrrole nitrogens is 1. The highest BCUT2D eigenvalue weighted by Crippen LogP contribution is 2.43. The molecule has 0 radical (unpaired) electrons. The fourth-order valence-electron chi connectivity index (χ4n) is 4.00. The van der Waals surface area contributed by atoms with Crippen LogP contribution in [0.3, 0.4) is 0 Å². The third-order valence-corrected chi connectivity index (χ3v) is 6.44. The van der Waals surface area contributed by atoms with Gasteiger partial charge in [0.1, 0.15) is 11.5 Å². The van der Waals surface area contributed by atoms with Gasteiger partial charge >= 0.3 is 6.18 Å². The van der Waals surface area contributed by atoms with Crippen LogP contribution in [0.4, 0.5) is 13.2 Å². The van der Waals surface area contributed by atoms with E-state index < -0.39 is 23.0 Å². The average Bonchev–Trinajstić information content (AvgIpc) is 3.29. The van der Waals surface area contributed by atoms with Gasteiger partial charge in [-0.2, -0.15) is 23.4 Å². The summed E-state index contributed by atoms with van der Waals surface area (Å²) in [5, 5.41) is 9.82. The molecule has 0 saturated carbocycles. The molecule has 2 N–H and O–H groups in total. The SMILES string of the molecule is [O-][S+]1CCc2c(c(-c3c[nH]nc3C(F)(F)F)nc3c2C2C=NNC2C=C3)C1. The zero-order valence-electron chi connectivity index (χ0n) is 13.9. The minimum Gasteiger partial charge on any atom is -0.616 e. The highest BCUT2D eigenvalue weighted by molar-refractivity contribution is 7.90. The second-order valence-electron chi connectivity index (χ2n) is 6.72. The van der Waals surface area contributed by atoms with Gasteiger partial charge in [0.25, 0.3) is 0 Å². The van der Waals surface area contributed by atoms with E-state index >= 15 is 0 Å². The summed E-state index contributed by atoms with van der Waals surface area (Å²) in [5.74, 6) is 0.670. The first-order valence-corrected chi connectivity index (χ1v) is 9.91. The van der Waals surface area contributed by atoms with Crippen molar-refractivity contribution in [3.05, 3.63) is 40.4 Å². The van der Waals surface area contributed by atoms with Crippen molar-refractivity contribution in [2.24, 2.45) is 5.10 Å². The quantitative estimate of drug-likeness (QED) is 0.728. The molecule has 140 valence electrons. The molecule has 0 fully saturated rings. The number of hydrogen-bond donors (Lipinski definition) is 2. The van der Waals surface area contributed by atoms with Gasteiger partial charge in [0.05, 0.1) is 23.0 Å². The molecular formula is C17H14F3N5OS. The molecule has 2 aromatic rings. The average molecular weight is 393 g/mol. The number of alkyl halides is 3. The van der Waals surface area contributed by atoms with Crippen molar-refractivity contribution in [3.63, 3.8) is 0 Å². The van der Waals surface area contributed by atoms with Crippen LogP contribution in [-0.2, 0) is 29.5 Å². The van der Waals surface area contributed by atoms with Crippen LogP contribution in [0.25, 0.3) is 17.3 Å². The van der Waals surface area contributed by atoms with Gasteiger partial charge in [-0.25, -0.2) is 4.98 Å². The monoisotopic (exact) mass is 393 g/mol. The maximum atomic E-state index is 13.4. The van der Waals surface area contributed by atoms with E-state index in [2.05, 4.69) is 25.7 Å². The highest BCUT2D eigenvalue weighted by Gasteiger charge is 2.40. The molecule has 0 amide bonds. The molecule has 10 heteroatoms. The number of pyridine rings is 1. The number of hydrogen-bond acceptors (Lipinski definition) is 5. The molecule has 6 nitrogen and oxygen atoms in total. The third-order valence-electron chi connectivity index (χ3n) is 5.17. The van der Waals surface area contributed by atoms with Gasteiger partial charge < -0.3 is 9.98 Å². The van der Waals surface area contributed by atoms with Crippen LogP contribution in [0.2, 0.25) is 0 Å². The Hall–Kier alpha value is -2.33. The van der Waals surface area contributed by atoms with E-state index in [0.29, 0.717) is 23.4 Å². The lowest BCUT2D eigenvalue weighted by Gasteiger charge is -2.30. The Morgan fingerprint density at radius 2 is 2.11 bits per heavy atom. The summed E-state index contributed by atoms with van der Waals surface area (Å²) >= 11 is -1.13. The molecule has 0 bridgehead atoms. The smallest absolute Gasteiger partial charge is 0.435 e. The van der Waals surface area contributed by atoms with Crippen LogP contribution in [0, 0.1) is 0 Å². The summed E-state index contributed by atoms with van der Waals surface area (Å²) in [4.78, 5) is 4.57. The minimum absolute atomic E-state index is 0.0151. The van der Waals surface area contributed by atoms with Crippen LogP contribution in [0.15, 0.2) is 17.4 Å². The predicted octanol–water partition coefficient (Wildman–Crippen LogP) is 2.36. The Balaban J connectivity index is 1.77. The maximum absolute atomic E-state index is 13.4. The van der Waals surface area contributed by atoms with Crippen molar-refractivity contribution in [1.29, 1.82) is 0 Å². The van der Waals surface area contributed by atoms with Gasteiger partial charge in [0, 0.05) is 30.3 Å². The van der Waals surface area contributed by atoms with E-state index in [9.17, 15) is 17.7 Å². The zero-order chi connectivity index (χ0) is 18.8. The van der Waals surface area contributed by atoms with Crippen LogP contribution >= 0.6 is 0 Å². The van der Waals surface area contributed by atoms with Gasteiger partial charge in [-0.15, -0.1) is 0 Å². The Labute approximate surface area is 155 Å². The van der Waals surface area contributed by atoms with E-state index in [1.165, 1.54) is 6.20 Å². The number of nitrogens with zero attached hydrogens (tertiary/aromatic N) is 3. The zero-order valence-corrected chi connectivity index (χ0v) is 14.7. The van der Waals surface area contributed by atoms with Crippen LogP contribution in [0.1, 0.15) is 34.0 Å². The molecule has 27 heavy (non-hydrogen) atoms. The van der Waals surface area contributed by atoms with Gasteiger partial charge in [0.2, 0.25) is 0 Å². The number of aromatic nitrogens is 3. The highest BCUT2D eigenvalue weighted by atomic mass is 32.2. The first-order chi connectivity index (χ1) is 12.9. The van der Waals surface area contributed by atoms with Gasteiger partial charge in [0.15, 0.2) is 5.69 Å². The Morgan fingerprint density at radius 1 is 1.26 bits per heavy atom.